The maximum Gasteiger partial charge on any atom is 0.220 e. The smallest absolute Gasteiger partial charge is 0.220 e. The van der Waals surface area contributed by atoms with Crippen molar-refractivity contribution < 1.29 is 15.0 Å². The van der Waals surface area contributed by atoms with Crippen LogP contribution in [-0.2, 0) is 4.79 Å². The molecule has 0 spiro atoms. The van der Waals surface area contributed by atoms with Gasteiger partial charge in [-0.3, -0.25) is 4.79 Å². The molecular formula is C66H127NO3. The lowest BCUT2D eigenvalue weighted by molar-refractivity contribution is -0.123. The molecule has 0 radical (unpaired) electrons. The van der Waals surface area contributed by atoms with E-state index in [1.54, 1.807) is 0 Å². The van der Waals surface area contributed by atoms with Crippen LogP contribution in [0.25, 0.3) is 0 Å². The van der Waals surface area contributed by atoms with Crippen molar-refractivity contribution in [3.8, 4) is 0 Å². The highest BCUT2D eigenvalue weighted by molar-refractivity contribution is 5.76. The largest absolute Gasteiger partial charge is 0.394 e. The Morgan fingerprint density at radius 1 is 0.343 bits per heavy atom. The summed E-state index contributed by atoms with van der Waals surface area (Å²) in [7, 11) is 0. The van der Waals surface area contributed by atoms with Gasteiger partial charge in [-0.2, -0.15) is 0 Å². The topological polar surface area (TPSA) is 69.6 Å². The summed E-state index contributed by atoms with van der Waals surface area (Å²) in [5, 5.41) is 23.4. The maximum absolute atomic E-state index is 12.5. The molecule has 70 heavy (non-hydrogen) atoms. The van der Waals surface area contributed by atoms with E-state index in [9.17, 15) is 15.0 Å². The summed E-state index contributed by atoms with van der Waals surface area (Å²) in [5.41, 5.74) is 0. The second-order valence-corrected chi connectivity index (χ2v) is 22.2. The lowest BCUT2D eigenvalue weighted by atomic mass is 10.0. The van der Waals surface area contributed by atoms with Crippen molar-refractivity contribution in [1.82, 2.24) is 5.32 Å². The van der Waals surface area contributed by atoms with Gasteiger partial charge in [0.15, 0.2) is 0 Å². The van der Waals surface area contributed by atoms with E-state index in [-0.39, 0.29) is 12.5 Å². The summed E-state index contributed by atoms with van der Waals surface area (Å²) in [6, 6.07) is -0.538. The molecule has 3 N–H and O–H groups in total. The van der Waals surface area contributed by atoms with Gasteiger partial charge in [0.1, 0.15) is 0 Å². The van der Waals surface area contributed by atoms with E-state index in [4.69, 9.17) is 0 Å². The Balaban J connectivity index is 3.42. The summed E-state index contributed by atoms with van der Waals surface area (Å²) in [6.45, 7) is 4.39. The highest BCUT2D eigenvalue weighted by atomic mass is 16.3. The van der Waals surface area contributed by atoms with Gasteiger partial charge in [0.2, 0.25) is 5.91 Å². The predicted octanol–water partition coefficient (Wildman–Crippen LogP) is 21.6. The normalized spacial score (nSPS) is 12.9. The first-order valence-corrected chi connectivity index (χ1v) is 32.2. The van der Waals surface area contributed by atoms with Crippen LogP contribution in [0.3, 0.4) is 0 Å². The number of hydrogen-bond acceptors (Lipinski definition) is 3. The molecule has 2 atom stereocenters. The second-order valence-electron chi connectivity index (χ2n) is 22.2. The fourth-order valence-corrected chi connectivity index (χ4v) is 10.3. The summed E-state index contributed by atoms with van der Waals surface area (Å²) >= 11 is 0. The highest BCUT2D eigenvalue weighted by Gasteiger charge is 2.20. The number of hydrogen-bond donors (Lipinski definition) is 3. The van der Waals surface area contributed by atoms with E-state index >= 15 is 0 Å². The van der Waals surface area contributed by atoms with E-state index in [2.05, 4.69) is 55.6 Å². The summed E-state index contributed by atoms with van der Waals surface area (Å²) in [6.07, 6.45) is 84.5. The van der Waals surface area contributed by atoms with Gasteiger partial charge >= 0.3 is 0 Å². The number of amides is 1. The summed E-state index contributed by atoms with van der Waals surface area (Å²) in [5.74, 6) is -0.0265. The van der Waals surface area contributed by atoms with Gasteiger partial charge in [-0.1, -0.05) is 339 Å². The molecule has 0 aliphatic heterocycles. The first kappa shape index (κ1) is 68.6. The average molecular weight is 983 g/mol. The molecule has 0 heterocycles. The number of unbranched alkanes of at least 4 members (excludes halogenated alkanes) is 47. The number of aliphatic hydroxyl groups is 2. The maximum atomic E-state index is 12.5. The number of nitrogens with one attached hydrogen (secondary N) is 1. The molecule has 0 aromatic heterocycles. The standard InChI is InChI=1S/C66H127NO3/c1-3-5-7-9-11-13-15-17-19-21-23-25-27-29-31-33-35-37-39-41-43-45-47-49-51-53-55-57-59-61-65(69)64(63-68)67-66(70)62-60-58-56-54-52-50-48-46-44-42-40-38-36-34-32-30-28-26-24-22-20-18-16-14-12-10-8-6-4-2/h16,18,22,24,28,30,64-65,68-69H,3-15,17,19-21,23,25-27,29,31-63H2,1-2H3,(H,67,70)/b18-16-,24-22-,30-28-. The molecule has 4 nitrogen and oxygen atoms in total. The molecule has 414 valence electrons. The third-order valence-electron chi connectivity index (χ3n) is 15.2. The average Bonchev–Trinajstić information content (AvgIpc) is 3.36. The minimum atomic E-state index is -0.661. The van der Waals surface area contributed by atoms with Gasteiger partial charge in [-0.15, -0.1) is 0 Å². The SMILES string of the molecule is CCCCCCC/C=C\C/C=C\C/C=C\CCCCCCCCCCCCCCCCC(=O)NC(CO)C(O)CCCCCCCCCCCCCCCCCCCCCCCCCCCCCCC. The molecule has 0 aliphatic rings. The third-order valence-corrected chi connectivity index (χ3v) is 15.2. The zero-order valence-electron chi connectivity index (χ0n) is 47.8. The van der Waals surface area contributed by atoms with Gasteiger partial charge in [-0.05, 0) is 51.4 Å². The van der Waals surface area contributed by atoms with Gasteiger partial charge in [0.25, 0.3) is 0 Å². The molecule has 4 heteroatoms. The summed E-state index contributed by atoms with van der Waals surface area (Å²) in [4.78, 5) is 12.5. The Bertz CT molecular complexity index is 1070. The van der Waals surface area contributed by atoms with Gasteiger partial charge in [0.05, 0.1) is 18.8 Å². The van der Waals surface area contributed by atoms with E-state index in [0.29, 0.717) is 12.8 Å². The van der Waals surface area contributed by atoms with Crippen molar-refractivity contribution in [2.24, 2.45) is 0 Å². The monoisotopic (exact) mass is 982 g/mol. The molecule has 0 saturated carbocycles. The quantitative estimate of drug-likeness (QED) is 0.0420. The van der Waals surface area contributed by atoms with Crippen LogP contribution in [0.5, 0.6) is 0 Å². The van der Waals surface area contributed by atoms with Crippen LogP contribution >= 0.6 is 0 Å². The first-order valence-electron chi connectivity index (χ1n) is 32.2. The Hall–Kier alpha value is -1.39. The minimum absolute atomic E-state index is 0.0265. The number of carbonyl (C=O) groups is 1. The molecule has 0 aromatic rings. The fraction of sp³-hybridized carbons (Fsp3) is 0.894. The van der Waals surface area contributed by atoms with Gasteiger partial charge in [0, 0.05) is 6.42 Å². The minimum Gasteiger partial charge on any atom is -0.394 e. The zero-order valence-corrected chi connectivity index (χ0v) is 47.8. The molecular weight excluding hydrogens is 855 g/mol. The van der Waals surface area contributed by atoms with E-state index in [0.717, 1.165) is 38.5 Å². The molecule has 0 aliphatic carbocycles. The Morgan fingerprint density at radius 2 is 0.586 bits per heavy atom. The highest BCUT2D eigenvalue weighted by Crippen LogP contribution is 2.19. The molecule has 0 rings (SSSR count). The zero-order chi connectivity index (χ0) is 50.6. The first-order chi connectivity index (χ1) is 34.7. The number of aliphatic hydroxyl groups excluding tert-OH is 2. The Morgan fingerprint density at radius 3 is 0.871 bits per heavy atom. The van der Waals surface area contributed by atoms with Crippen LogP contribution in [0, 0.1) is 0 Å². The van der Waals surface area contributed by atoms with Crippen LogP contribution in [0.1, 0.15) is 361 Å². The summed E-state index contributed by atoms with van der Waals surface area (Å²) < 4.78 is 0. The third kappa shape index (κ3) is 57.5. The van der Waals surface area contributed by atoms with Crippen LogP contribution < -0.4 is 5.32 Å². The van der Waals surface area contributed by atoms with Crippen molar-refractivity contribution in [3.05, 3.63) is 36.5 Å². The molecule has 0 aromatic carbocycles. The van der Waals surface area contributed by atoms with E-state index < -0.39 is 12.1 Å². The Labute approximate surface area is 440 Å². The lowest BCUT2D eigenvalue weighted by Crippen LogP contribution is -2.45. The van der Waals surface area contributed by atoms with Crippen LogP contribution in [-0.4, -0.2) is 34.9 Å². The van der Waals surface area contributed by atoms with Crippen LogP contribution in [0.4, 0.5) is 0 Å². The van der Waals surface area contributed by atoms with Crippen LogP contribution in [0.2, 0.25) is 0 Å². The van der Waals surface area contributed by atoms with Crippen molar-refractivity contribution in [3.63, 3.8) is 0 Å². The molecule has 2 unspecified atom stereocenters. The second kappa shape index (κ2) is 61.9. The molecule has 1 amide bonds. The molecule has 0 saturated heterocycles. The van der Waals surface area contributed by atoms with Crippen molar-refractivity contribution in [2.75, 3.05) is 6.61 Å². The number of allylic oxidation sites excluding steroid dienone is 6. The van der Waals surface area contributed by atoms with E-state index in [1.165, 1.54) is 295 Å². The van der Waals surface area contributed by atoms with Gasteiger partial charge in [-0.25, -0.2) is 0 Å². The molecule has 0 fully saturated rings. The Kier molecular flexibility index (Phi) is 60.7. The van der Waals surface area contributed by atoms with E-state index in [1.807, 2.05) is 0 Å². The van der Waals surface area contributed by atoms with Crippen molar-refractivity contribution in [1.29, 1.82) is 0 Å². The van der Waals surface area contributed by atoms with Crippen molar-refractivity contribution in [2.45, 2.75) is 373 Å². The number of carbonyl (C=O) groups excluding carboxylic acids is 1. The number of rotatable bonds is 60. The predicted molar refractivity (Wildman–Crippen MR) is 313 cm³/mol. The van der Waals surface area contributed by atoms with Crippen LogP contribution in [0.15, 0.2) is 36.5 Å². The fourth-order valence-electron chi connectivity index (χ4n) is 10.3. The molecule has 0 bridgehead atoms. The van der Waals surface area contributed by atoms with Gasteiger partial charge < -0.3 is 15.5 Å². The lowest BCUT2D eigenvalue weighted by Gasteiger charge is -2.22. The van der Waals surface area contributed by atoms with Crippen molar-refractivity contribution >= 4 is 5.91 Å².